The lowest BCUT2D eigenvalue weighted by molar-refractivity contribution is -0.117. The molecule has 1 saturated heterocycles. The number of rotatable bonds is 9. The van der Waals surface area contributed by atoms with Gasteiger partial charge in [0, 0.05) is 35.8 Å². The van der Waals surface area contributed by atoms with Crippen molar-refractivity contribution in [3.8, 4) is 11.1 Å². The molecular weight excluding hydrogens is 454 g/mol. The largest absolute Gasteiger partial charge is 0.348 e. The fraction of sp³-hybridized carbons (Fsp3) is 0.364. The van der Waals surface area contributed by atoms with E-state index in [1.54, 1.807) is 6.08 Å². The number of hydrogen-bond acceptors (Lipinski definition) is 3. The SMILES string of the molecule is CC1(C)CC(NC[C@H](Cc2ccc(-c3ccccc3)cc2)NC(=O)/C=C/c2ccccc2)CC(C)(C)N1. The second-order valence-electron chi connectivity index (χ2n) is 11.6. The molecule has 1 aliphatic heterocycles. The zero-order valence-electron chi connectivity index (χ0n) is 22.6. The van der Waals surface area contributed by atoms with Crippen LogP contribution in [0.5, 0.6) is 0 Å². The maximum atomic E-state index is 12.9. The topological polar surface area (TPSA) is 53.2 Å². The van der Waals surface area contributed by atoms with Crippen LogP contribution >= 0.6 is 0 Å². The smallest absolute Gasteiger partial charge is 0.244 e. The van der Waals surface area contributed by atoms with Gasteiger partial charge in [0.2, 0.25) is 5.91 Å². The fourth-order valence-electron chi connectivity index (χ4n) is 5.68. The Balaban J connectivity index is 1.44. The van der Waals surface area contributed by atoms with Crippen molar-refractivity contribution in [2.75, 3.05) is 6.54 Å². The van der Waals surface area contributed by atoms with Crippen LogP contribution in [-0.4, -0.2) is 35.6 Å². The van der Waals surface area contributed by atoms with Crippen molar-refractivity contribution in [2.24, 2.45) is 0 Å². The van der Waals surface area contributed by atoms with E-state index in [1.165, 1.54) is 16.7 Å². The molecule has 4 heteroatoms. The quantitative estimate of drug-likeness (QED) is 0.320. The maximum Gasteiger partial charge on any atom is 0.244 e. The van der Waals surface area contributed by atoms with Gasteiger partial charge in [0.1, 0.15) is 0 Å². The van der Waals surface area contributed by atoms with Crippen molar-refractivity contribution in [1.29, 1.82) is 0 Å². The first-order valence-corrected chi connectivity index (χ1v) is 13.4. The monoisotopic (exact) mass is 495 g/mol. The molecule has 0 aromatic heterocycles. The number of hydrogen-bond donors (Lipinski definition) is 3. The van der Waals surface area contributed by atoms with Crippen molar-refractivity contribution in [1.82, 2.24) is 16.0 Å². The summed E-state index contributed by atoms with van der Waals surface area (Å²) in [5.74, 6) is -0.0671. The number of carbonyl (C=O) groups is 1. The zero-order chi connectivity index (χ0) is 26.3. The molecule has 0 bridgehead atoms. The fourth-order valence-corrected chi connectivity index (χ4v) is 5.68. The molecule has 0 radical (unpaired) electrons. The molecule has 1 fully saturated rings. The normalized spacial score (nSPS) is 17.9. The first-order valence-electron chi connectivity index (χ1n) is 13.4. The average Bonchev–Trinajstić information content (AvgIpc) is 2.86. The Labute approximate surface area is 222 Å². The average molecular weight is 496 g/mol. The number of nitrogens with one attached hydrogen (secondary N) is 3. The van der Waals surface area contributed by atoms with Crippen molar-refractivity contribution in [3.05, 3.63) is 102 Å². The molecule has 1 heterocycles. The summed E-state index contributed by atoms with van der Waals surface area (Å²) < 4.78 is 0. The van der Waals surface area contributed by atoms with Gasteiger partial charge in [-0.3, -0.25) is 4.79 Å². The van der Waals surface area contributed by atoms with Crippen LogP contribution in [-0.2, 0) is 11.2 Å². The highest BCUT2D eigenvalue weighted by molar-refractivity contribution is 5.91. The number of carbonyl (C=O) groups excluding carboxylic acids is 1. The minimum Gasteiger partial charge on any atom is -0.348 e. The summed E-state index contributed by atoms with van der Waals surface area (Å²) in [6.07, 6.45) is 6.38. The van der Waals surface area contributed by atoms with Gasteiger partial charge in [-0.1, -0.05) is 84.9 Å². The van der Waals surface area contributed by atoms with Crippen LogP contribution in [0.4, 0.5) is 0 Å². The van der Waals surface area contributed by atoms with E-state index in [9.17, 15) is 4.79 Å². The molecule has 3 aromatic rings. The van der Waals surface area contributed by atoms with Gasteiger partial charge in [0.25, 0.3) is 0 Å². The second kappa shape index (κ2) is 11.9. The molecule has 0 saturated carbocycles. The first kappa shape index (κ1) is 26.8. The molecule has 194 valence electrons. The van der Waals surface area contributed by atoms with Gasteiger partial charge in [-0.25, -0.2) is 0 Å². The highest BCUT2D eigenvalue weighted by atomic mass is 16.1. The Hall–Kier alpha value is -3.21. The molecule has 1 amide bonds. The lowest BCUT2D eigenvalue weighted by atomic mass is 9.79. The highest BCUT2D eigenvalue weighted by Crippen LogP contribution is 2.28. The molecule has 3 N–H and O–H groups in total. The van der Waals surface area contributed by atoms with Crippen molar-refractivity contribution in [2.45, 2.75) is 70.1 Å². The van der Waals surface area contributed by atoms with Crippen LogP contribution in [0.1, 0.15) is 51.7 Å². The van der Waals surface area contributed by atoms with Crippen LogP contribution in [0.3, 0.4) is 0 Å². The van der Waals surface area contributed by atoms with E-state index in [1.807, 2.05) is 42.5 Å². The summed E-state index contributed by atoms with van der Waals surface area (Å²) in [7, 11) is 0. The Morgan fingerprint density at radius 2 is 1.43 bits per heavy atom. The van der Waals surface area contributed by atoms with Gasteiger partial charge in [-0.2, -0.15) is 0 Å². The predicted octanol–water partition coefficient (Wildman–Crippen LogP) is 5.99. The molecule has 3 aromatic carbocycles. The third-order valence-corrected chi connectivity index (χ3v) is 6.96. The summed E-state index contributed by atoms with van der Waals surface area (Å²) in [4.78, 5) is 12.9. The molecule has 37 heavy (non-hydrogen) atoms. The minimum atomic E-state index is -0.0671. The summed E-state index contributed by atoms with van der Waals surface area (Å²) in [5.41, 5.74) is 4.79. The van der Waals surface area contributed by atoms with Gasteiger partial charge in [-0.15, -0.1) is 0 Å². The zero-order valence-corrected chi connectivity index (χ0v) is 22.6. The van der Waals surface area contributed by atoms with Crippen LogP contribution < -0.4 is 16.0 Å². The Morgan fingerprint density at radius 3 is 2.05 bits per heavy atom. The summed E-state index contributed by atoms with van der Waals surface area (Å²) >= 11 is 0. The van der Waals surface area contributed by atoms with Gasteiger partial charge < -0.3 is 16.0 Å². The van der Waals surface area contributed by atoms with E-state index in [0.717, 1.165) is 31.4 Å². The van der Waals surface area contributed by atoms with Crippen molar-refractivity contribution < 1.29 is 4.79 Å². The number of piperidine rings is 1. The van der Waals surface area contributed by atoms with E-state index in [2.05, 4.69) is 92.2 Å². The lowest BCUT2D eigenvalue weighted by Gasteiger charge is -2.47. The van der Waals surface area contributed by atoms with Crippen LogP contribution in [0.25, 0.3) is 17.2 Å². The third-order valence-electron chi connectivity index (χ3n) is 6.96. The van der Waals surface area contributed by atoms with Crippen molar-refractivity contribution in [3.63, 3.8) is 0 Å². The molecule has 4 nitrogen and oxygen atoms in total. The second-order valence-corrected chi connectivity index (χ2v) is 11.6. The Morgan fingerprint density at radius 1 is 0.865 bits per heavy atom. The summed E-state index contributed by atoms with van der Waals surface area (Å²) in [6, 6.07) is 29.4. The predicted molar refractivity (Wildman–Crippen MR) is 155 cm³/mol. The molecule has 0 aliphatic carbocycles. The van der Waals surface area contributed by atoms with Crippen LogP contribution in [0, 0.1) is 0 Å². The van der Waals surface area contributed by atoms with E-state index in [4.69, 9.17) is 0 Å². The summed E-state index contributed by atoms with van der Waals surface area (Å²) in [6.45, 7) is 9.80. The molecule has 1 aliphatic rings. The van der Waals surface area contributed by atoms with Gasteiger partial charge in [-0.05, 0) is 75.3 Å². The van der Waals surface area contributed by atoms with Crippen molar-refractivity contribution >= 4 is 12.0 Å². The molecule has 1 atom stereocenters. The van der Waals surface area contributed by atoms with E-state index < -0.39 is 0 Å². The lowest BCUT2D eigenvalue weighted by Crippen LogP contribution is -2.62. The Kier molecular flexibility index (Phi) is 8.63. The first-order chi connectivity index (χ1) is 17.7. The van der Waals surface area contributed by atoms with Gasteiger partial charge >= 0.3 is 0 Å². The highest BCUT2D eigenvalue weighted by Gasteiger charge is 2.37. The third kappa shape index (κ3) is 8.41. The number of benzene rings is 3. The Bertz CT molecular complexity index is 1150. The van der Waals surface area contributed by atoms with E-state index in [0.29, 0.717) is 6.04 Å². The molecule has 4 rings (SSSR count). The molecule has 0 spiro atoms. The maximum absolute atomic E-state index is 12.9. The van der Waals surface area contributed by atoms with E-state index >= 15 is 0 Å². The summed E-state index contributed by atoms with van der Waals surface area (Å²) in [5, 5.41) is 10.8. The van der Waals surface area contributed by atoms with Gasteiger partial charge in [0.05, 0.1) is 0 Å². The van der Waals surface area contributed by atoms with Crippen LogP contribution in [0.15, 0.2) is 91.0 Å². The van der Waals surface area contributed by atoms with E-state index in [-0.39, 0.29) is 23.0 Å². The van der Waals surface area contributed by atoms with Crippen LogP contribution in [0.2, 0.25) is 0 Å². The molecule has 0 unspecified atom stereocenters. The molecular formula is C33H41N3O. The standard InChI is InChI=1S/C33H41N3O/c1-32(2)22-30(23-33(3,4)36-32)34-24-29(35-31(37)20-17-25-11-7-5-8-12-25)21-26-15-18-28(19-16-26)27-13-9-6-10-14-27/h5-20,29-30,34,36H,21-24H2,1-4H3,(H,35,37)/b20-17+/t29-/m0/s1. The minimum absolute atomic E-state index is 0.0170. The van der Waals surface area contributed by atoms with Gasteiger partial charge in [0.15, 0.2) is 0 Å². The number of amides is 1.